The summed E-state index contributed by atoms with van der Waals surface area (Å²) >= 11 is 6.01. The highest BCUT2D eigenvalue weighted by molar-refractivity contribution is 7.89. The molecule has 0 aromatic heterocycles. The number of benzene rings is 1. The number of ether oxygens (including phenoxy) is 1. The Labute approximate surface area is 152 Å². The molecule has 0 radical (unpaired) electrons. The summed E-state index contributed by atoms with van der Waals surface area (Å²) in [7, 11) is -3.68. The molecule has 1 amide bonds. The van der Waals surface area contributed by atoms with Gasteiger partial charge in [-0.15, -0.1) is 0 Å². The summed E-state index contributed by atoms with van der Waals surface area (Å²) in [5.74, 6) is -0.372. The SMILES string of the molecule is O=CN(O)[C@@H](CS(=O)(=O)N1CCc2ccc(Cl)cc2C1)[C@H]1CCCO1. The first-order valence-corrected chi connectivity index (χ1v) is 10.2. The van der Waals surface area contributed by atoms with Gasteiger partial charge in [0, 0.05) is 24.7 Å². The van der Waals surface area contributed by atoms with Crippen LogP contribution in [0.4, 0.5) is 0 Å². The third-order valence-electron chi connectivity index (χ3n) is 4.76. The number of hydrogen-bond acceptors (Lipinski definition) is 5. The molecule has 1 saturated heterocycles. The van der Waals surface area contributed by atoms with Crippen molar-refractivity contribution in [1.29, 1.82) is 0 Å². The van der Waals surface area contributed by atoms with Gasteiger partial charge in [-0.3, -0.25) is 10.0 Å². The fraction of sp³-hybridized carbons (Fsp3) is 0.562. The summed E-state index contributed by atoms with van der Waals surface area (Å²) in [4.78, 5) is 11.0. The van der Waals surface area contributed by atoms with Crippen LogP contribution in [0.25, 0.3) is 0 Å². The lowest BCUT2D eigenvalue weighted by atomic mass is 10.0. The van der Waals surface area contributed by atoms with Gasteiger partial charge in [0.05, 0.1) is 11.9 Å². The standard InChI is InChI=1S/C16H21ClN2O5S/c17-14-4-3-12-5-6-18(9-13(12)8-14)25(22,23)10-15(19(21)11-20)16-2-1-7-24-16/h3-4,8,11,15-16,21H,1-2,5-7,9-10H2/t15-,16+/m0/s1. The van der Waals surface area contributed by atoms with Gasteiger partial charge in [-0.1, -0.05) is 17.7 Å². The van der Waals surface area contributed by atoms with E-state index in [1.54, 1.807) is 12.1 Å². The van der Waals surface area contributed by atoms with Gasteiger partial charge < -0.3 is 4.74 Å². The fourth-order valence-corrected chi connectivity index (χ4v) is 5.31. The van der Waals surface area contributed by atoms with E-state index in [-0.39, 0.29) is 18.7 Å². The molecule has 25 heavy (non-hydrogen) atoms. The van der Waals surface area contributed by atoms with Gasteiger partial charge in [-0.2, -0.15) is 4.31 Å². The van der Waals surface area contributed by atoms with Crippen LogP contribution in [0.3, 0.4) is 0 Å². The third kappa shape index (κ3) is 4.15. The molecule has 9 heteroatoms. The zero-order valence-corrected chi connectivity index (χ0v) is 15.2. The van der Waals surface area contributed by atoms with Crippen molar-refractivity contribution >= 4 is 28.0 Å². The van der Waals surface area contributed by atoms with E-state index in [2.05, 4.69) is 0 Å². The minimum absolute atomic E-state index is 0.229. The molecule has 3 rings (SSSR count). The molecule has 1 aromatic rings. The maximum absolute atomic E-state index is 12.9. The Bertz CT molecular complexity index is 736. The monoisotopic (exact) mass is 388 g/mol. The molecule has 0 bridgehead atoms. The molecular formula is C16H21ClN2O5S. The summed E-state index contributed by atoms with van der Waals surface area (Å²) in [5, 5.41) is 10.8. The van der Waals surface area contributed by atoms with Gasteiger partial charge in [0.25, 0.3) is 0 Å². The molecule has 0 saturated carbocycles. The molecule has 0 aliphatic carbocycles. The molecule has 138 valence electrons. The normalized spacial score (nSPS) is 22.4. The number of sulfonamides is 1. The van der Waals surface area contributed by atoms with Gasteiger partial charge in [0.15, 0.2) is 0 Å². The maximum atomic E-state index is 12.9. The van der Waals surface area contributed by atoms with Crippen molar-refractivity contribution in [3.8, 4) is 0 Å². The van der Waals surface area contributed by atoms with Crippen molar-refractivity contribution in [2.75, 3.05) is 18.9 Å². The molecule has 2 atom stereocenters. The van der Waals surface area contributed by atoms with Crippen molar-refractivity contribution in [3.63, 3.8) is 0 Å². The van der Waals surface area contributed by atoms with Crippen molar-refractivity contribution in [1.82, 2.24) is 9.37 Å². The maximum Gasteiger partial charge on any atom is 0.233 e. The van der Waals surface area contributed by atoms with Gasteiger partial charge in [0.2, 0.25) is 16.4 Å². The Kier molecular flexibility index (Phi) is 5.65. The summed E-state index contributed by atoms with van der Waals surface area (Å²) in [6, 6.07) is 4.58. The Morgan fingerprint density at radius 2 is 2.24 bits per heavy atom. The van der Waals surface area contributed by atoms with Crippen LogP contribution in [0, 0.1) is 0 Å². The van der Waals surface area contributed by atoms with Crippen molar-refractivity contribution in [2.24, 2.45) is 0 Å². The molecule has 0 spiro atoms. The predicted octanol–water partition coefficient (Wildman–Crippen LogP) is 1.42. The minimum atomic E-state index is -3.68. The first kappa shape index (κ1) is 18.6. The Hall–Kier alpha value is -1.19. The van der Waals surface area contributed by atoms with Crippen molar-refractivity contribution in [2.45, 2.75) is 38.0 Å². The minimum Gasteiger partial charge on any atom is -0.376 e. The van der Waals surface area contributed by atoms with E-state index >= 15 is 0 Å². The lowest BCUT2D eigenvalue weighted by Crippen LogP contribution is -2.49. The smallest absolute Gasteiger partial charge is 0.233 e. The summed E-state index contributed by atoms with van der Waals surface area (Å²) in [6.07, 6.45) is 1.75. The van der Waals surface area contributed by atoms with E-state index in [4.69, 9.17) is 16.3 Å². The van der Waals surface area contributed by atoms with Crippen LogP contribution in [0.15, 0.2) is 18.2 Å². The van der Waals surface area contributed by atoms with Crippen molar-refractivity contribution in [3.05, 3.63) is 34.3 Å². The average molecular weight is 389 g/mol. The van der Waals surface area contributed by atoms with Crippen LogP contribution in [-0.2, 0) is 32.5 Å². The number of carbonyl (C=O) groups excluding carboxylic acids is 1. The Morgan fingerprint density at radius 3 is 2.92 bits per heavy atom. The number of nitrogens with zero attached hydrogens (tertiary/aromatic N) is 2. The summed E-state index contributed by atoms with van der Waals surface area (Å²) in [5.41, 5.74) is 1.97. The number of carbonyl (C=O) groups is 1. The van der Waals surface area contributed by atoms with E-state index in [0.29, 0.717) is 36.1 Å². The van der Waals surface area contributed by atoms with Gasteiger partial charge in [0.1, 0.15) is 6.04 Å². The molecule has 1 N–H and O–H groups in total. The number of halogens is 1. The number of hydroxylamine groups is 2. The van der Waals surface area contributed by atoms with Crippen LogP contribution >= 0.6 is 11.6 Å². The molecule has 0 unspecified atom stereocenters. The number of hydrogen-bond donors (Lipinski definition) is 1. The molecule has 2 heterocycles. The zero-order chi connectivity index (χ0) is 18.0. The largest absolute Gasteiger partial charge is 0.376 e. The number of rotatable bonds is 6. The van der Waals surface area contributed by atoms with Crippen LogP contribution in [0.5, 0.6) is 0 Å². The topological polar surface area (TPSA) is 87.2 Å². The van der Waals surface area contributed by atoms with Gasteiger partial charge in [-0.25, -0.2) is 13.5 Å². The number of fused-ring (bicyclic) bond motifs is 1. The van der Waals surface area contributed by atoms with Crippen LogP contribution in [0.1, 0.15) is 24.0 Å². The average Bonchev–Trinajstić information content (AvgIpc) is 3.12. The van der Waals surface area contributed by atoms with E-state index in [9.17, 15) is 18.4 Å². The second kappa shape index (κ2) is 7.59. The molecule has 2 aliphatic heterocycles. The fourth-order valence-electron chi connectivity index (χ4n) is 3.40. The van der Waals surface area contributed by atoms with E-state index in [1.807, 2.05) is 6.07 Å². The first-order valence-electron chi connectivity index (χ1n) is 8.20. The molecular weight excluding hydrogens is 368 g/mol. The Balaban J connectivity index is 1.77. The van der Waals surface area contributed by atoms with E-state index in [0.717, 1.165) is 17.5 Å². The van der Waals surface area contributed by atoms with Crippen molar-refractivity contribution < 1.29 is 23.2 Å². The first-order chi connectivity index (χ1) is 11.9. The molecule has 2 aliphatic rings. The second-order valence-corrected chi connectivity index (χ2v) is 8.83. The Morgan fingerprint density at radius 1 is 1.44 bits per heavy atom. The van der Waals surface area contributed by atoms with E-state index < -0.39 is 22.2 Å². The summed E-state index contributed by atoms with van der Waals surface area (Å²) < 4.78 is 32.6. The highest BCUT2D eigenvalue weighted by Gasteiger charge is 2.37. The number of amides is 1. The van der Waals surface area contributed by atoms with Crippen LogP contribution in [0.2, 0.25) is 5.02 Å². The van der Waals surface area contributed by atoms with Gasteiger partial charge in [-0.05, 0) is 42.5 Å². The summed E-state index contributed by atoms with van der Waals surface area (Å²) in [6.45, 7) is 1.11. The van der Waals surface area contributed by atoms with E-state index in [1.165, 1.54) is 4.31 Å². The lowest BCUT2D eigenvalue weighted by Gasteiger charge is -2.32. The van der Waals surface area contributed by atoms with Crippen LogP contribution in [-0.4, -0.2) is 60.5 Å². The lowest BCUT2D eigenvalue weighted by molar-refractivity contribution is -0.168. The van der Waals surface area contributed by atoms with Crippen LogP contribution < -0.4 is 0 Å². The molecule has 7 nitrogen and oxygen atoms in total. The van der Waals surface area contributed by atoms with Gasteiger partial charge >= 0.3 is 0 Å². The second-order valence-electron chi connectivity index (χ2n) is 6.38. The zero-order valence-electron chi connectivity index (χ0n) is 13.7. The predicted molar refractivity (Wildman–Crippen MR) is 91.8 cm³/mol. The molecule has 1 aromatic carbocycles. The highest BCUT2D eigenvalue weighted by Crippen LogP contribution is 2.26. The highest BCUT2D eigenvalue weighted by atomic mass is 35.5. The third-order valence-corrected chi connectivity index (χ3v) is 6.86. The molecule has 1 fully saturated rings. The quantitative estimate of drug-likeness (QED) is 0.452.